The predicted octanol–water partition coefficient (Wildman–Crippen LogP) is 15.7. The molecule has 6 nitrogen and oxygen atoms in total. The maximum Gasteiger partial charge on any atom is 0.164 e. The van der Waals surface area contributed by atoms with Gasteiger partial charge >= 0.3 is 0 Å². The second kappa shape index (κ2) is 12.9. The van der Waals surface area contributed by atoms with Crippen molar-refractivity contribution in [1.82, 2.24) is 15.0 Å². The molecule has 0 bridgehead atoms. The number of para-hydroxylation sites is 2. The monoisotopic (exact) mass is 805 g/mol. The van der Waals surface area contributed by atoms with Gasteiger partial charge in [0.2, 0.25) is 0 Å². The van der Waals surface area contributed by atoms with E-state index in [1.807, 2.05) is 60.7 Å². The van der Waals surface area contributed by atoms with Gasteiger partial charge in [-0.2, -0.15) is 0 Å². The molecule has 292 valence electrons. The van der Waals surface area contributed by atoms with Crippen LogP contribution in [0.4, 0.5) is 0 Å². The molecule has 63 heavy (non-hydrogen) atoms. The van der Waals surface area contributed by atoms with Crippen LogP contribution < -0.4 is 0 Å². The van der Waals surface area contributed by atoms with Crippen molar-refractivity contribution in [1.29, 1.82) is 0 Å². The van der Waals surface area contributed by atoms with Crippen LogP contribution in [0.1, 0.15) is 0 Å². The molecule has 4 aromatic heterocycles. The lowest BCUT2D eigenvalue weighted by Gasteiger charge is -2.13. The summed E-state index contributed by atoms with van der Waals surface area (Å²) in [6.07, 6.45) is 0. The van der Waals surface area contributed by atoms with E-state index in [9.17, 15) is 0 Å². The normalized spacial score (nSPS) is 12.1. The molecule has 14 rings (SSSR count). The molecule has 0 aliphatic carbocycles. The number of rotatable bonds is 4. The Morgan fingerprint density at radius 1 is 0.238 bits per heavy atom. The van der Waals surface area contributed by atoms with Gasteiger partial charge in [-0.15, -0.1) is 0 Å². The van der Waals surface area contributed by atoms with E-state index in [0.29, 0.717) is 17.5 Å². The first-order valence-electron chi connectivity index (χ1n) is 21.1. The average Bonchev–Trinajstić information content (AvgIpc) is 4.04. The Kier molecular flexibility index (Phi) is 7.02. The van der Waals surface area contributed by atoms with Gasteiger partial charge in [-0.3, -0.25) is 0 Å². The van der Waals surface area contributed by atoms with Crippen LogP contribution in [-0.4, -0.2) is 15.0 Å². The first kappa shape index (κ1) is 34.1. The van der Waals surface area contributed by atoms with Gasteiger partial charge in [-0.1, -0.05) is 133 Å². The van der Waals surface area contributed by atoms with E-state index in [4.69, 9.17) is 28.2 Å². The third-order valence-corrected chi connectivity index (χ3v) is 12.7. The Morgan fingerprint density at radius 2 is 0.619 bits per heavy atom. The van der Waals surface area contributed by atoms with Crippen molar-refractivity contribution in [3.05, 3.63) is 188 Å². The highest BCUT2D eigenvalue weighted by Crippen LogP contribution is 2.42. The number of benzene rings is 10. The predicted molar refractivity (Wildman–Crippen MR) is 256 cm³/mol. The van der Waals surface area contributed by atoms with Gasteiger partial charge in [0.1, 0.15) is 33.5 Å². The molecule has 14 aromatic rings. The minimum absolute atomic E-state index is 0.552. The van der Waals surface area contributed by atoms with Crippen LogP contribution in [0, 0.1) is 0 Å². The van der Waals surface area contributed by atoms with Gasteiger partial charge in [-0.05, 0) is 98.0 Å². The molecule has 4 heterocycles. The summed E-state index contributed by atoms with van der Waals surface area (Å²) >= 11 is 0. The molecule has 0 aliphatic heterocycles. The van der Waals surface area contributed by atoms with Crippen LogP contribution in [0.25, 0.3) is 143 Å². The molecule has 0 unspecified atom stereocenters. The molecule has 0 saturated carbocycles. The van der Waals surface area contributed by atoms with Gasteiger partial charge in [-0.25, -0.2) is 15.0 Å². The number of fused-ring (bicyclic) bond motifs is 15. The highest BCUT2D eigenvalue weighted by Gasteiger charge is 2.21. The molecule has 10 aromatic carbocycles. The summed E-state index contributed by atoms with van der Waals surface area (Å²) in [4.78, 5) is 16.0. The van der Waals surface area contributed by atoms with Crippen molar-refractivity contribution in [3.8, 4) is 45.3 Å². The number of aromatic nitrogens is 3. The molecule has 6 heteroatoms. The molecule has 0 saturated heterocycles. The Balaban J connectivity index is 0.987. The Morgan fingerprint density at radius 3 is 1.25 bits per heavy atom. The quantitative estimate of drug-likeness (QED) is 0.165. The Hall–Kier alpha value is -8.61. The molecular weight excluding hydrogens is 775 g/mol. The third-order valence-electron chi connectivity index (χ3n) is 12.7. The van der Waals surface area contributed by atoms with Crippen LogP contribution in [0.2, 0.25) is 0 Å². The summed E-state index contributed by atoms with van der Waals surface area (Å²) in [7, 11) is 0. The van der Waals surface area contributed by atoms with E-state index in [2.05, 4.69) is 127 Å². The van der Waals surface area contributed by atoms with Crippen LogP contribution in [0.5, 0.6) is 0 Å². The van der Waals surface area contributed by atoms with E-state index in [-0.39, 0.29) is 0 Å². The maximum atomic E-state index is 6.65. The minimum Gasteiger partial charge on any atom is -0.456 e. The van der Waals surface area contributed by atoms with Crippen molar-refractivity contribution in [2.75, 3.05) is 0 Å². The molecular formula is C57H31N3O3. The zero-order valence-corrected chi connectivity index (χ0v) is 33.5. The summed E-state index contributed by atoms with van der Waals surface area (Å²) in [6.45, 7) is 0. The lowest BCUT2D eigenvalue weighted by Crippen LogP contribution is -2.01. The molecule has 0 N–H and O–H groups in total. The second-order valence-corrected chi connectivity index (χ2v) is 16.2. The molecule has 0 atom stereocenters. The number of hydrogen-bond acceptors (Lipinski definition) is 6. The van der Waals surface area contributed by atoms with Crippen molar-refractivity contribution in [2.45, 2.75) is 0 Å². The second-order valence-electron chi connectivity index (χ2n) is 16.2. The lowest BCUT2D eigenvalue weighted by molar-refractivity contribution is 0.668. The summed E-state index contributed by atoms with van der Waals surface area (Å²) in [5.41, 5.74) is 9.56. The smallest absolute Gasteiger partial charge is 0.164 e. The zero-order valence-electron chi connectivity index (χ0n) is 33.5. The van der Waals surface area contributed by atoms with E-state index in [0.717, 1.165) is 99.0 Å². The van der Waals surface area contributed by atoms with Gasteiger partial charge in [0, 0.05) is 49.0 Å². The summed E-state index contributed by atoms with van der Waals surface area (Å²) in [5.74, 6) is 1.69. The zero-order chi connectivity index (χ0) is 41.2. The van der Waals surface area contributed by atoms with E-state index in [1.54, 1.807) is 0 Å². The van der Waals surface area contributed by atoms with Gasteiger partial charge in [0.05, 0.1) is 0 Å². The standard InChI is InChI=1S/C57H31N3O3/c1-2-13-37-35(11-1)36-12-3-4-14-38(36)46-29-34(25-26-39(37)46)55-58-56(44-17-9-21-49-53(44)42-16-6-8-20-48(42)61-49)60-57(59-55)45-18-10-22-50-54(45)43-28-24-33(31-52(43)63-50)32-23-27-41-40-15-5-7-19-47(40)62-51(41)30-32/h1-31H. The largest absolute Gasteiger partial charge is 0.456 e. The fourth-order valence-corrected chi connectivity index (χ4v) is 9.85. The maximum absolute atomic E-state index is 6.65. The van der Waals surface area contributed by atoms with E-state index in [1.165, 1.54) is 26.9 Å². The Labute approximate surface area is 358 Å². The molecule has 0 amide bonds. The van der Waals surface area contributed by atoms with E-state index < -0.39 is 0 Å². The SMILES string of the molecule is c1ccc2c(c1)oc1cc(-c3ccc4c(c3)oc3cccc(-c5nc(-c6ccc7c8ccccc8c8ccccc8c7c6)nc(-c6cccc7oc8ccccc8c67)n5)c34)ccc12. The molecule has 0 spiro atoms. The van der Waals surface area contributed by atoms with Gasteiger partial charge in [0.25, 0.3) is 0 Å². The molecule has 0 radical (unpaired) electrons. The van der Waals surface area contributed by atoms with Crippen molar-refractivity contribution >= 4 is 98.1 Å². The average molecular weight is 806 g/mol. The van der Waals surface area contributed by atoms with Crippen LogP contribution in [0.3, 0.4) is 0 Å². The Bertz CT molecular complexity index is 4200. The summed E-state index contributed by atoms with van der Waals surface area (Å²) in [5, 5.41) is 13.3. The van der Waals surface area contributed by atoms with Crippen LogP contribution in [-0.2, 0) is 0 Å². The fourth-order valence-electron chi connectivity index (χ4n) is 9.85. The fraction of sp³-hybridized carbons (Fsp3) is 0. The first-order chi connectivity index (χ1) is 31.2. The first-order valence-corrected chi connectivity index (χ1v) is 21.1. The van der Waals surface area contributed by atoms with Crippen LogP contribution >= 0.6 is 0 Å². The minimum atomic E-state index is 0.552. The van der Waals surface area contributed by atoms with Gasteiger partial charge < -0.3 is 13.3 Å². The highest BCUT2D eigenvalue weighted by atomic mass is 16.3. The molecule has 0 fully saturated rings. The summed E-state index contributed by atoms with van der Waals surface area (Å²) < 4.78 is 19.3. The van der Waals surface area contributed by atoms with Crippen molar-refractivity contribution in [3.63, 3.8) is 0 Å². The van der Waals surface area contributed by atoms with Crippen molar-refractivity contribution in [2.24, 2.45) is 0 Å². The number of nitrogens with zero attached hydrogens (tertiary/aromatic N) is 3. The van der Waals surface area contributed by atoms with Crippen molar-refractivity contribution < 1.29 is 13.3 Å². The number of furan rings is 3. The number of hydrogen-bond donors (Lipinski definition) is 0. The lowest BCUT2D eigenvalue weighted by atomic mass is 9.93. The molecule has 0 aliphatic rings. The highest BCUT2D eigenvalue weighted by molar-refractivity contribution is 6.26. The van der Waals surface area contributed by atoms with Crippen LogP contribution in [0.15, 0.2) is 201 Å². The van der Waals surface area contributed by atoms with E-state index >= 15 is 0 Å². The topological polar surface area (TPSA) is 78.1 Å². The summed E-state index contributed by atoms with van der Waals surface area (Å²) in [6, 6.07) is 65.1. The third kappa shape index (κ3) is 5.09. The van der Waals surface area contributed by atoms with Gasteiger partial charge in [0.15, 0.2) is 17.5 Å².